The van der Waals surface area contributed by atoms with Crippen LogP contribution in [-0.4, -0.2) is 0 Å². The van der Waals surface area contributed by atoms with Crippen LogP contribution >= 0.6 is 0 Å². The van der Waals surface area contributed by atoms with Crippen molar-refractivity contribution in [1.29, 1.82) is 0 Å². The van der Waals surface area contributed by atoms with E-state index in [9.17, 15) is 0 Å². The lowest BCUT2D eigenvalue weighted by atomic mass is 9.79. The zero-order valence-corrected chi connectivity index (χ0v) is 10.2. The molecule has 1 saturated carbocycles. The predicted molar refractivity (Wildman–Crippen MR) is 72.4 cm³/mol. The number of benzene rings is 1. The van der Waals surface area contributed by atoms with Gasteiger partial charge in [-0.05, 0) is 42.7 Å². The fourth-order valence-electron chi connectivity index (χ4n) is 2.98. The molecular weight excluding hydrogens is 204 g/mol. The maximum Gasteiger partial charge on any atom is 0.0317 e. The SMILES string of the molecule is C1#Cc2ccccc2/C=C\C2CCCC(C1)C2. The summed E-state index contributed by atoms with van der Waals surface area (Å²) in [5, 5.41) is 0. The van der Waals surface area contributed by atoms with Gasteiger partial charge in [-0.15, -0.1) is 0 Å². The first kappa shape index (κ1) is 10.7. The van der Waals surface area contributed by atoms with E-state index in [-0.39, 0.29) is 0 Å². The fourth-order valence-corrected chi connectivity index (χ4v) is 2.98. The van der Waals surface area contributed by atoms with E-state index < -0.39 is 0 Å². The Kier molecular flexibility index (Phi) is 3.01. The van der Waals surface area contributed by atoms with Crippen LogP contribution in [0.5, 0.6) is 0 Å². The number of hydrogen-bond acceptors (Lipinski definition) is 0. The zero-order valence-electron chi connectivity index (χ0n) is 10.2. The van der Waals surface area contributed by atoms with E-state index in [2.05, 4.69) is 48.3 Å². The first-order chi connectivity index (χ1) is 8.42. The topological polar surface area (TPSA) is 0 Å². The van der Waals surface area contributed by atoms with Gasteiger partial charge in [-0.1, -0.05) is 48.6 Å². The van der Waals surface area contributed by atoms with Gasteiger partial charge < -0.3 is 0 Å². The lowest BCUT2D eigenvalue weighted by Crippen LogP contribution is -2.13. The molecular formula is C17H18. The number of rotatable bonds is 0. The van der Waals surface area contributed by atoms with Gasteiger partial charge in [-0.25, -0.2) is 0 Å². The van der Waals surface area contributed by atoms with E-state index in [4.69, 9.17) is 0 Å². The van der Waals surface area contributed by atoms with Crippen LogP contribution in [0.1, 0.15) is 43.2 Å². The largest absolute Gasteiger partial charge is 0.0976 e. The molecule has 0 aromatic heterocycles. The molecule has 0 radical (unpaired) electrons. The highest BCUT2D eigenvalue weighted by Crippen LogP contribution is 2.32. The lowest BCUT2D eigenvalue weighted by molar-refractivity contribution is 0.310. The molecule has 0 spiro atoms. The van der Waals surface area contributed by atoms with Gasteiger partial charge in [-0.2, -0.15) is 0 Å². The molecule has 2 atom stereocenters. The summed E-state index contributed by atoms with van der Waals surface area (Å²) in [4.78, 5) is 0. The van der Waals surface area contributed by atoms with Gasteiger partial charge in [0.05, 0.1) is 0 Å². The number of allylic oxidation sites excluding steroid dienone is 1. The molecule has 0 amide bonds. The third-order valence-corrected chi connectivity index (χ3v) is 3.95. The average molecular weight is 222 g/mol. The molecule has 1 aromatic rings. The Morgan fingerprint density at radius 2 is 2.06 bits per heavy atom. The van der Waals surface area contributed by atoms with Gasteiger partial charge >= 0.3 is 0 Å². The highest BCUT2D eigenvalue weighted by Gasteiger charge is 2.19. The summed E-state index contributed by atoms with van der Waals surface area (Å²) in [6.07, 6.45) is 11.2. The summed E-state index contributed by atoms with van der Waals surface area (Å²) in [6, 6.07) is 8.47. The Morgan fingerprint density at radius 3 is 3.06 bits per heavy atom. The molecule has 86 valence electrons. The summed E-state index contributed by atoms with van der Waals surface area (Å²) in [6.45, 7) is 0. The van der Waals surface area contributed by atoms with E-state index in [1.165, 1.54) is 36.8 Å². The standard InChI is InChI=1S/C17H18/c1-2-9-17-12-11-15-6-3-5-14(13-15)7-4-10-16(17)8-1/h1-2,8-9,11-12,14-15H,3,5-7,13H2/b12-11-. The molecule has 0 heteroatoms. The normalized spacial score (nSPS) is 28.5. The van der Waals surface area contributed by atoms with Gasteiger partial charge in [0.2, 0.25) is 0 Å². The van der Waals surface area contributed by atoms with E-state index >= 15 is 0 Å². The summed E-state index contributed by atoms with van der Waals surface area (Å²) in [5.74, 6) is 8.33. The molecule has 3 rings (SSSR count). The second kappa shape index (κ2) is 4.80. The Labute approximate surface area is 104 Å². The van der Waals surface area contributed by atoms with E-state index in [0.29, 0.717) is 0 Å². The van der Waals surface area contributed by atoms with Crippen molar-refractivity contribution in [2.75, 3.05) is 0 Å². The Morgan fingerprint density at radius 1 is 1.12 bits per heavy atom. The highest BCUT2D eigenvalue weighted by molar-refractivity contribution is 5.59. The van der Waals surface area contributed by atoms with E-state index in [0.717, 1.165) is 18.3 Å². The van der Waals surface area contributed by atoms with Crippen LogP contribution < -0.4 is 0 Å². The van der Waals surface area contributed by atoms with E-state index in [1.54, 1.807) is 0 Å². The second-order valence-electron chi connectivity index (χ2n) is 5.24. The Hall–Kier alpha value is -1.48. The molecule has 2 bridgehead atoms. The minimum absolute atomic E-state index is 0.779. The van der Waals surface area contributed by atoms with Crippen molar-refractivity contribution in [2.24, 2.45) is 11.8 Å². The maximum absolute atomic E-state index is 3.38. The quantitative estimate of drug-likeness (QED) is 0.575. The lowest BCUT2D eigenvalue weighted by Gasteiger charge is -2.26. The summed E-state index contributed by atoms with van der Waals surface area (Å²) in [5.41, 5.74) is 2.47. The molecule has 0 saturated heterocycles. The molecule has 2 aliphatic rings. The van der Waals surface area contributed by atoms with Crippen molar-refractivity contribution in [2.45, 2.75) is 32.1 Å². The zero-order chi connectivity index (χ0) is 11.5. The highest BCUT2D eigenvalue weighted by atomic mass is 14.2. The molecule has 2 unspecified atom stereocenters. The third-order valence-electron chi connectivity index (χ3n) is 3.95. The first-order valence-electron chi connectivity index (χ1n) is 6.68. The molecule has 17 heavy (non-hydrogen) atoms. The maximum atomic E-state index is 3.38. The molecule has 1 fully saturated rings. The van der Waals surface area contributed by atoms with Crippen LogP contribution in [0.25, 0.3) is 6.08 Å². The van der Waals surface area contributed by atoms with Crippen molar-refractivity contribution >= 4 is 6.08 Å². The van der Waals surface area contributed by atoms with Crippen molar-refractivity contribution in [3.8, 4) is 11.8 Å². The van der Waals surface area contributed by atoms with Crippen LogP contribution in [0.15, 0.2) is 30.3 Å². The van der Waals surface area contributed by atoms with Crippen molar-refractivity contribution in [3.63, 3.8) is 0 Å². The van der Waals surface area contributed by atoms with Gasteiger partial charge in [0.15, 0.2) is 0 Å². The Balaban J connectivity index is 1.98. The van der Waals surface area contributed by atoms with Crippen LogP contribution in [0, 0.1) is 23.7 Å². The van der Waals surface area contributed by atoms with Crippen molar-refractivity contribution in [1.82, 2.24) is 0 Å². The van der Waals surface area contributed by atoms with E-state index in [1.807, 2.05) is 0 Å². The summed E-state index contributed by atoms with van der Waals surface area (Å²) >= 11 is 0. The fraction of sp³-hybridized carbons (Fsp3) is 0.412. The third kappa shape index (κ3) is 2.44. The van der Waals surface area contributed by atoms with Gasteiger partial charge in [0.1, 0.15) is 0 Å². The van der Waals surface area contributed by atoms with Crippen LogP contribution in [-0.2, 0) is 0 Å². The molecule has 0 nitrogen and oxygen atoms in total. The number of hydrogen-bond donors (Lipinski definition) is 0. The minimum Gasteiger partial charge on any atom is -0.0976 e. The van der Waals surface area contributed by atoms with Crippen LogP contribution in [0.2, 0.25) is 0 Å². The molecule has 0 heterocycles. The molecule has 0 N–H and O–H groups in total. The summed E-state index contributed by atoms with van der Waals surface area (Å²) in [7, 11) is 0. The number of fused-ring (bicyclic) bond motifs is 3. The van der Waals surface area contributed by atoms with Crippen molar-refractivity contribution in [3.05, 3.63) is 41.5 Å². The molecule has 0 aliphatic heterocycles. The first-order valence-corrected chi connectivity index (χ1v) is 6.68. The Bertz CT molecular complexity index is 484. The smallest absolute Gasteiger partial charge is 0.0317 e. The molecule has 1 aromatic carbocycles. The molecule has 2 aliphatic carbocycles. The van der Waals surface area contributed by atoms with Crippen molar-refractivity contribution < 1.29 is 0 Å². The van der Waals surface area contributed by atoms with Crippen LogP contribution in [0.4, 0.5) is 0 Å². The van der Waals surface area contributed by atoms with Gasteiger partial charge in [0, 0.05) is 12.0 Å². The van der Waals surface area contributed by atoms with Gasteiger partial charge in [0.25, 0.3) is 0 Å². The minimum atomic E-state index is 0.779. The van der Waals surface area contributed by atoms with Gasteiger partial charge in [-0.3, -0.25) is 0 Å². The van der Waals surface area contributed by atoms with Crippen LogP contribution in [0.3, 0.4) is 0 Å². The predicted octanol–water partition coefficient (Wildman–Crippen LogP) is 4.26. The average Bonchev–Trinajstić information content (AvgIpc) is 2.38. The summed E-state index contributed by atoms with van der Waals surface area (Å²) < 4.78 is 0. The monoisotopic (exact) mass is 222 g/mol. The second-order valence-corrected chi connectivity index (χ2v) is 5.24.